The topological polar surface area (TPSA) is 26.8 Å². The van der Waals surface area contributed by atoms with Crippen LogP contribution in [0.3, 0.4) is 0 Å². The molecule has 0 aliphatic carbocycles. The summed E-state index contributed by atoms with van der Waals surface area (Å²) < 4.78 is 39.3. The molecule has 1 heterocycles. The average molecular weight is 357 g/mol. The molecule has 2 atom stereocenters. The summed E-state index contributed by atoms with van der Waals surface area (Å²) in [4.78, 5) is 18.1. The number of rotatable bonds is 3. The highest BCUT2D eigenvalue weighted by Gasteiger charge is 2.45. The van der Waals surface area contributed by atoms with Crippen LogP contribution in [0.2, 0.25) is 0 Å². The molecule has 0 spiro atoms. The van der Waals surface area contributed by atoms with Gasteiger partial charge in [0.05, 0.1) is 17.9 Å². The highest BCUT2D eigenvalue weighted by Crippen LogP contribution is 2.36. The van der Waals surface area contributed by atoms with E-state index in [9.17, 15) is 18.0 Å². The summed E-state index contributed by atoms with van der Waals surface area (Å²) in [6.45, 7) is 8.00. The zero-order valence-corrected chi connectivity index (χ0v) is 15.5. The molecule has 25 heavy (non-hydrogen) atoms. The van der Waals surface area contributed by atoms with Crippen LogP contribution in [0.15, 0.2) is 24.3 Å². The van der Waals surface area contributed by atoms with Gasteiger partial charge >= 0.3 is 12.2 Å². The fourth-order valence-electron chi connectivity index (χ4n) is 3.79. The Labute approximate surface area is 147 Å². The molecule has 1 aromatic rings. The molecule has 1 fully saturated rings. The first-order chi connectivity index (χ1) is 11.5. The largest absolute Gasteiger partial charge is 0.416 e. The number of amides is 2. The quantitative estimate of drug-likeness (QED) is 0.798. The molecular formula is C18H26F3N3O. The highest BCUT2D eigenvalue weighted by molar-refractivity contribution is 5.93. The number of anilines is 1. The molecular weight excluding hydrogens is 331 g/mol. The van der Waals surface area contributed by atoms with Crippen molar-refractivity contribution in [3.05, 3.63) is 29.8 Å². The van der Waals surface area contributed by atoms with Crippen LogP contribution in [0.5, 0.6) is 0 Å². The zero-order chi connectivity index (χ0) is 19.1. The van der Waals surface area contributed by atoms with E-state index < -0.39 is 11.7 Å². The van der Waals surface area contributed by atoms with Crippen LogP contribution in [0.4, 0.5) is 23.7 Å². The van der Waals surface area contributed by atoms with Gasteiger partial charge in [-0.2, -0.15) is 13.2 Å². The third-order valence-corrected chi connectivity index (χ3v) is 4.65. The Morgan fingerprint density at radius 1 is 1.00 bits per heavy atom. The summed E-state index contributed by atoms with van der Waals surface area (Å²) >= 11 is 0. The van der Waals surface area contributed by atoms with Crippen LogP contribution >= 0.6 is 0 Å². The van der Waals surface area contributed by atoms with Crippen LogP contribution < -0.4 is 4.90 Å². The van der Waals surface area contributed by atoms with E-state index in [0.29, 0.717) is 0 Å². The number of urea groups is 1. The Hall–Kier alpha value is -1.76. The van der Waals surface area contributed by atoms with Gasteiger partial charge in [-0.05, 0) is 37.1 Å². The van der Waals surface area contributed by atoms with Crippen molar-refractivity contribution in [1.82, 2.24) is 9.80 Å². The van der Waals surface area contributed by atoms with Gasteiger partial charge in [-0.3, -0.25) is 9.80 Å². The standard InChI is InChI=1S/C18H26F3N3O/c1-11(2)15-22(5)16(12(3)4)24(17(25)23(15)6)14-9-7-8-13(10-14)18(19,20)21/h7-12,15-16H,1-6H3. The number of carbonyl (C=O) groups is 1. The normalized spacial score (nSPS) is 23.1. The van der Waals surface area contributed by atoms with Crippen molar-refractivity contribution < 1.29 is 18.0 Å². The van der Waals surface area contributed by atoms with Crippen molar-refractivity contribution in [2.24, 2.45) is 11.8 Å². The summed E-state index contributed by atoms with van der Waals surface area (Å²) in [5, 5.41) is 0. The third-order valence-electron chi connectivity index (χ3n) is 4.65. The van der Waals surface area contributed by atoms with Crippen molar-refractivity contribution in [3.63, 3.8) is 0 Å². The van der Waals surface area contributed by atoms with E-state index in [2.05, 4.69) is 4.90 Å². The minimum absolute atomic E-state index is 0.0541. The van der Waals surface area contributed by atoms with Gasteiger partial charge in [-0.1, -0.05) is 33.8 Å². The van der Waals surface area contributed by atoms with Crippen LogP contribution in [-0.2, 0) is 6.18 Å². The lowest BCUT2D eigenvalue weighted by molar-refractivity contribution is -0.137. The number of hydrogen-bond acceptors (Lipinski definition) is 2. The summed E-state index contributed by atoms with van der Waals surface area (Å²) in [5.74, 6) is 0.252. The molecule has 1 saturated heterocycles. The smallest absolute Gasteiger partial charge is 0.311 e. The molecule has 1 aliphatic rings. The molecule has 0 radical (unpaired) electrons. The number of halogens is 3. The minimum atomic E-state index is -4.44. The maximum absolute atomic E-state index is 13.1. The number of carbonyl (C=O) groups excluding carboxylic acids is 1. The molecule has 1 aromatic carbocycles. The van der Waals surface area contributed by atoms with Gasteiger partial charge < -0.3 is 4.90 Å². The second-order valence-corrected chi connectivity index (χ2v) is 7.29. The van der Waals surface area contributed by atoms with Crippen molar-refractivity contribution in [2.45, 2.75) is 46.2 Å². The molecule has 7 heteroatoms. The molecule has 4 nitrogen and oxygen atoms in total. The van der Waals surface area contributed by atoms with Gasteiger partial charge in [0.2, 0.25) is 0 Å². The SMILES string of the molecule is CC(C)C1N(C)C(=O)N(c2cccc(C(F)(F)F)c2)C(C(C)C)N1C. The van der Waals surface area contributed by atoms with E-state index in [0.717, 1.165) is 12.1 Å². The second kappa shape index (κ2) is 6.86. The van der Waals surface area contributed by atoms with Gasteiger partial charge in [-0.25, -0.2) is 4.79 Å². The molecule has 140 valence electrons. The van der Waals surface area contributed by atoms with Gasteiger partial charge in [-0.15, -0.1) is 0 Å². The van der Waals surface area contributed by atoms with Gasteiger partial charge in [0.25, 0.3) is 0 Å². The molecule has 2 unspecified atom stereocenters. The van der Waals surface area contributed by atoms with Gasteiger partial charge in [0, 0.05) is 12.7 Å². The van der Waals surface area contributed by atoms with E-state index in [1.807, 2.05) is 34.7 Å². The summed E-state index contributed by atoms with van der Waals surface area (Å²) in [5.41, 5.74) is -0.490. The summed E-state index contributed by atoms with van der Waals surface area (Å²) in [6, 6.07) is 4.68. The summed E-state index contributed by atoms with van der Waals surface area (Å²) in [7, 11) is 3.61. The fraction of sp³-hybridized carbons (Fsp3) is 0.611. The molecule has 2 amide bonds. The lowest BCUT2D eigenvalue weighted by Gasteiger charge is -2.53. The summed E-state index contributed by atoms with van der Waals surface area (Å²) in [6.07, 6.45) is -4.87. The van der Waals surface area contributed by atoms with E-state index >= 15 is 0 Å². The van der Waals surface area contributed by atoms with E-state index in [1.165, 1.54) is 11.0 Å². The predicted octanol–water partition coefficient (Wildman–Crippen LogP) is 4.47. The first kappa shape index (κ1) is 19.6. The lowest BCUT2D eigenvalue weighted by Crippen LogP contribution is -2.69. The Morgan fingerprint density at radius 3 is 2.04 bits per heavy atom. The van der Waals surface area contributed by atoms with Crippen LogP contribution in [0, 0.1) is 11.8 Å². The van der Waals surface area contributed by atoms with E-state index in [4.69, 9.17) is 0 Å². The van der Waals surface area contributed by atoms with Crippen molar-refractivity contribution in [3.8, 4) is 0 Å². The molecule has 1 aliphatic heterocycles. The van der Waals surface area contributed by atoms with Crippen molar-refractivity contribution in [2.75, 3.05) is 19.0 Å². The van der Waals surface area contributed by atoms with Crippen LogP contribution in [0.25, 0.3) is 0 Å². The molecule has 0 aromatic heterocycles. The number of nitrogens with zero attached hydrogens (tertiary/aromatic N) is 3. The molecule has 0 saturated carbocycles. The zero-order valence-electron chi connectivity index (χ0n) is 15.5. The minimum Gasteiger partial charge on any atom is -0.311 e. The molecule has 2 rings (SSSR count). The number of alkyl halides is 3. The number of hydrogen-bond donors (Lipinski definition) is 0. The first-order valence-electron chi connectivity index (χ1n) is 8.42. The lowest BCUT2D eigenvalue weighted by atomic mass is 10.0. The van der Waals surface area contributed by atoms with Crippen molar-refractivity contribution >= 4 is 11.7 Å². The number of benzene rings is 1. The van der Waals surface area contributed by atoms with Gasteiger partial charge in [0.15, 0.2) is 0 Å². The Morgan fingerprint density at radius 2 is 1.56 bits per heavy atom. The Kier molecular flexibility index (Phi) is 5.37. The second-order valence-electron chi connectivity index (χ2n) is 7.29. The van der Waals surface area contributed by atoms with E-state index in [-0.39, 0.29) is 35.9 Å². The fourth-order valence-corrected chi connectivity index (χ4v) is 3.79. The van der Waals surface area contributed by atoms with Crippen molar-refractivity contribution in [1.29, 1.82) is 0 Å². The monoisotopic (exact) mass is 357 g/mol. The third kappa shape index (κ3) is 3.61. The first-order valence-corrected chi connectivity index (χ1v) is 8.42. The Bertz CT molecular complexity index is 630. The van der Waals surface area contributed by atoms with Crippen LogP contribution in [0.1, 0.15) is 33.3 Å². The van der Waals surface area contributed by atoms with Gasteiger partial charge in [0.1, 0.15) is 0 Å². The van der Waals surface area contributed by atoms with Crippen LogP contribution in [-0.4, -0.2) is 42.3 Å². The van der Waals surface area contributed by atoms with E-state index in [1.54, 1.807) is 18.0 Å². The maximum Gasteiger partial charge on any atom is 0.416 e. The predicted molar refractivity (Wildman–Crippen MR) is 92.1 cm³/mol. The molecule has 0 bridgehead atoms. The highest BCUT2D eigenvalue weighted by atomic mass is 19.4. The molecule has 0 N–H and O–H groups in total. The average Bonchev–Trinajstić information content (AvgIpc) is 2.49. The Balaban J connectivity index is 2.53. The maximum atomic E-state index is 13.1.